The van der Waals surface area contributed by atoms with E-state index < -0.39 is 10.0 Å². The minimum absolute atomic E-state index is 0.142. The standard InChI is InChI=1S/C14H17ClN2O2S/c15-10-4-3-9(6-11(10)16)20(18,19)17-14-12-7-1-2-8(5-7)13(12)14/h3-4,6-8,12-14,17H,1-2,5,16H2. The summed E-state index contributed by atoms with van der Waals surface area (Å²) in [5, 5.41) is 0.380. The number of nitrogens with two attached hydrogens (primary N) is 1. The third-order valence-electron chi connectivity index (χ3n) is 5.30. The molecule has 108 valence electrons. The fourth-order valence-corrected chi connectivity index (χ4v) is 5.87. The number of nitrogens with one attached hydrogen (secondary N) is 1. The highest BCUT2D eigenvalue weighted by Crippen LogP contribution is 2.65. The molecular weight excluding hydrogens is 296 g/mol. The molecular formula is C14H17ClN2O2S. The molecule has 1 aromatic rings. The van der Waals surface area contributed by atoms with Crippen molar-refractivity contribution in [2.24, 2.45) is 23.7 Å². The van der Waals surface area contributed by atoms with Gasteiger partial charge in [0.2, 0.25) is 10.0 Å². The first-order valence-electron chi connectivity index (χ1n) is 7.05. The lowest BCUT2D eigenvalue weighted by Gasteiger charge is -2.12. The fourth-order valence-electron chi connectivity index (χ4n) is 4.42. The Bertz CT molecular complexity index is 660. The van der Waals surface area contributed by atoms with E-state index in [1.54, 1.807) is 0 Å². The molecule has 3 aliphatic carbocycles. The zero-order valence-corrected chi connectivity index (χ0v) is 12.5. The molecule has 2 bridgehead atoms. The number of hydrogen-bond donors (Lipinski definition) is 2. The Hall–Kier alpha value is -0.780. The molecule has 3 N–H and O–H groups in total. The lowest BCUT2D eigenvalue weighted by atomic mass is 10.0. The summed E-state index contributed by atoms with van der Waals surface area (Å²) in [7, 11) is -3.49. The van der Waals surface area contributed by atoms with Crippen molar-refractivity contribution in [1.82, 2.24) is 4.72 Å². The Morgan fingerprint density at radius 2 is 1.85 bits per heavy atom. The van der Waals surface area contributed by atoms with E-state index in [0.717, 1.165) is 11.8 Å². The first kappa shape index (κ1) is 12.9. The second kappa shape index (κ2) is 4.12. The Morgan fingerprint density at radius 3 is 2.45 bits per heavy atom. The van der Waals surface area contributed by atoms with Gasteiger partial charge >= 0.3 is 0 Å². The van der Waals surface area contributed by atoms with Crippen LogP contribution in [0.25, 0.3) is 0 Å². The number of hydrogen-bond acceptors (Lipinski definition) is 3. The molecule has 0 amide bonds. The van der Waals surface area contributed by atoms with Crippen molar-refractivity contribution in [2.45, 2.75) is 30.2 Å². The quantitative estimate of drug-likeness (QED) is 0.841. The van der Waals surface area contributed by atoms with Crippen LogP contribution in [0.1, 0.15) is 19.3 Å². The van der Waals surface area contributed by atoms with Crippen LogP contribution in [0.4, 0.5) is 5.69 Å². The number of fused-ring (bicyclic) bond motifs is 5. The predicted molar refractivity (Wildman–Crippen MR) is 77.8 cm³/mol. The average Bonchev–Trinajstić information content (AvgIpc) is 2.81. The van der Waals surface area contributed by atoms with Gasteiger partial charge in [0.25, 0.3) is 0 Å². The van der Waals surface area contributed by atoms with Crippen LogP contribution in [0.2, 0.25) is 5.02 Å². The third-order valence-corrected chi connectivity index (χ3v) is 7.11. The van der Waals surface area contributed by atoms with Gasteiger partial charge in [-0.05, 0) is 61.1 Å². The molecule has 0 aromatic heterocycles. The van der Waals surface area contributed by atoms with E-state index >= 15 is 0 Å². The van der Waals surface area contributed by atoms with E-state index in [1.165, 1.54) is 37.5 Å². The predicted octanol–water partition coefficient (Wildman–Crippen LogP) is 2.24. The molecule has 4 rings (SSSR count). The Labute approximate surface area is 123 Å². The van der Waals surface area contributed by atoms with Crippen molar-refractivity contribution in [3.8, 4) is 0 Å². The number of benzene rings is 1. The van der Waals surface area contributed by atoms with Crippen LogP contribution in [-0.4, -0.2) is 14.5 Å². The van der Waals surface area contributed by atoms with E-state index in [-0.39, 0.29) is 10.9 Å². The van der Waals surface area contributed by atoms with E-state index in [1.807, 2.05) is 0 Å². The maximum Gasteiger partial charge on any atom is 0.240 e. The summed E-state index contributed by atoms with van der Waals surface area (Å²) in [4.78, 5) is 0.205. The summed E-state index contributed by atoms with van der Waals surface area (Å²) < 4.78 is 27.7. The molecule has 0 aliphatic heterocycles. The van der Waals surface area contributed by atoms with E-state index in [9.17, 15) is 8.42 Å². The Morgan fingerprint density at radius 1 is 1.20 bits per heavy atom. The second-order valence-corrected chi connectivity index (χ2v) is 8.44. The van der Waals surface area contributed by atoms with Crippen molar-refractivity contribution in [3.63, 3.8) is 0 Å². The lowest BCUT2D eigenvalue weighted by Crippen LogP contribution is -2.30. The van der Waals surface area contributed by atoms with Crippen molar-refractivity contribution in [3.05, 3.63) is 23.2 Å². The van der Waals surface area contributed by atoms with E-state index in [4.69, 9.17) is 17.3 Å². The summed E-state index contributed by atoms with van der Waals surface area (Å²) in [5.74, 6) is 2.64. The fraction of sp³-hybridized carbons (Fsp3) is 0.571. The van der Waals surface area contributed by atoms with E-state index in [2.05, 4.69) is 4.72 Å². The number of anilines is 1. The van der Waals surface area contributed by atoms with Gasteiger partial charge in [-0.3, -0.25) is 0 Å². The zero-order valence-electron chi connectivity index (χ0n) is 10.9. The minimum Gasteiger partial charge on any atom is -0.397 e. The molecule has 0 spiro atoms. The van der Waals surface area contributed by atoms with Gasteiger partial charge in [0.05, 0.1) is 15.6 Å². The van der Waals surface area contributed by atoms with Crippen molar-refractivity contribution < 1.29 is 8.42 Å². The van der Waals surface area contributed by atoms with Crippen LogP contribution in [0.3, 0.4) is 0 Å². The van der Waals surface area contributed by atoms with Crippen molar-refractivity contribution in [1.29, 1.82) is 0 Å². The van der Waals surface area contributed by atoms with Crippen molar-refractivity contribution >= 4 is 27.3 Å². The van der Waals surface area contributed by atoms with Crippen LogP contribution in [0.15, 0.2) is 23.1 Å². The van der Waals surface area contributed by atoms with Gasteiger partial charge in [-0.25, -0.2) is 13.1 Å². The van der Waals surface area contributed by atoms with Crippen LogP contribution in [-0.2, 0) is 10.0 Å². The molecule has 3 fully saturated rings. The highest BCUT2D eigenvalue weighted by molar-refractivity contribution is 7.89. The highest BCUT2D eigenvalue weighted by atomic mass is 35.5. The largest absolute Gasteiger partial charge is 0.397 e. The minimum atomic E-state index is -3.49. The van der Waals surface area contributed by atoms with Gasteiger partial charge in [0, 0.05) is 6.04 Å². The number of rotatable bonds is 3. The number of sulfonamides is 1. The average molecular weight is 313 g/mol. The van der Waals surface area contributed by atoms with Gasteiger partial charge in [0.15, 0.2) is 0 Å². The van der Waals surface area contributed by atoms with Crippen LogP contribution in [0, 0.1) is 23.7 Å². The Kier molecular flexibility index (Phi) is 2.66. The van der Waals surface area contributed by atoms with Gasteiger partial charge in [-0.2, -0.15) is 0 Å². The molecule has 3 aliphatic rings. The normalized spacial score (nSPS) is 38.0. The molecule has 0 heterocycles. The van der Waals surface area contributed by atoms with Gasteiger partial charge < -0.3 is 5.73 Å². The summed E-state index contributed by atoms with van der Waals surface area (Å²) >= 11 is 5.83. The molecule has 4 atom stereocenters. The number of halogens is 1. The first-order chi connectivity index (χ1) is 9.47. The Balaban J connectivity index is 1.55. The number of nitrogen functional groups attached to an aromatic ring is 1. The maximum atomic E-state index is 12.4. The van der Waals surface area contributed by atoms with Crippen LogP contribution < -0.4 is 10.5 Å². The smallest absolute Gasteiger partial charge is 0.240 e. The van der Waals surface area contributed by atoms with Gasteiger partial charge in [0.1, 0.15) is 0 Å². The first-order valence-corrected chi connectivity index (χ1v) is 8.91. The zero-order chi connectivity index (χ0) is 14.1. The van der Waals surface area contributed by atoms with Crippen LogP contribution >= 0.6 is 11.6 Å². The second-order valence-electron chi connectivity index (χ2n) is 6.32. The summed E-state index contributed by atoms with van der Waals surface area (Å²) in [6.07, 6.45) is 3.86. The van der Waals surface area contributed by atoms with Crippen molar-refractivity contribution in [2.75, 3.05) is 5.73 Å². The molecule has 0 radical (unpaired) electrons. The summed E-state index contributed by atoms with van der Waals surface area (Å²) in [5.41, 5.74) is 5.98. The monoisotopic (exact) mass is 312 g/mol. The molecule has 4 unspecified atom stereocenters. The van der Waals surface area contributed by atoms with E-state index in [0.29, 0.717) is 22.5 Å². The molecule has 0 saturated heterocycles. The summed E-state index contributed by atoms with van der Waals surface area (Å²) in [6, 6.07) is 4.61. The SMILES string of the molecule is Nc1cc(S(=O)(=O)NC2C3C4CCC(C4)C23)ccc1Cl. The molecule has 6 heteroatoms. The summed E-state index contributed by atoms with van der Waals surface area (Å²) in [6.45, 7) is 0. The molecule has 1 aromatic carbocycles. The third kappa shape index (κ3) is 1.80. The molecule has 4 nitrogen and oxygen atoms in total. The van der Waals surface area contributed by atoms with Crippen LogP contribution in [0.5, 0.6) is 0 Å². The molecule has 3 saturated carbocycles. The topological polar surface area (TPSA) is 72.2 Å². The maximum absolute atomic E-state index is 12.4. The highest BCUT2D eigenvalue weighted by Gasteiger charge is 2.65. The lowest BCUT2D eigenvalue weighted by molar-refractivity contribution is 0.456. The molecule has 20 heavy (non-hydrogen) atoms. The van der Waals surface area contributed by atoms with Gasteiger partial charge in [-0.1, -0.05) is 11.6 Å². The van der Waals surface area contributed by atoms with Gasteiger partial charge in [-0.15, -0.1) is 0 Å².